The van der Waals surface area contributed by atoms with Crippen LogP contribution in [0.4, 0.5) is 20.2 Å². The van der Waals surface area contributed by atoms with Gasteiger partial charge in [-0.15, -0.1) is 0 Å². The van der Waals surface area contributed by atoms with Gasteiger partial charge < -0.3 is 19.1 Å². The van der Waals surface area contributed by atoms with Gasteiger partial charge in [0.1, 0.15) is 6.61 Å². The van der Waals surface area contributed by atoms with Gasteiger partial charge in [-0.05, 0) is 36.8 Å². The van der Waals surface area contributed by atoms with Crippen LogP contribution in [-0.4, -0.2) is 37.1 Å². The summed E-state index contributed by atoms with van der Waals surface area (Å²) in [6.45, 7) is -3.08. The summed E-state index contributed by atoms with van der Waals surface area (Å²) in [6, 6.07) is 8.08. The first kappa shape index (κ1) is 21.9. The molecule has 0 aliphatic carbocycles. The number of halogens is 2. The zero-order valence-electron chi connectivity index (χ0n) is 16.4. The average Bonchev–Trinajstić information content (AvgIpc) is 3.17. The number of carbonyl (C=O) groups excluding carboxylic acids is 2. The lowest BCUT2D eigenvalue weighted by atomic mass is 10.1. The highest BCUT2D eigenvalue weighted by Gasteiger charge is 2.24. The fourth-order valence-electron chi connectivity index (χ4n) is 3.15. The molecule has 0 atom stereocenters. The number of alkyl halides is 2. The van der Waals surface area contributed by atoms with E-state index in [1.54, 1.807) is 17.0 Å². The van der Waals surface area contributed by atoms with Gasteiger partial charge in [-0.3, -0.25) is 14.9 Å². The fourth-order valence-corrected chi connectivity index (χ4v) is 3.15. The van der Waals surface area contributed by atoms with E-state index in [4.69, 9.17) is 9.47 Å². The number of ether oxygens (including phenoxy) is 3. The molecule has 0 unspecified atom stereocenters. The van der Waals surface area contributed by atoms with Crippen LogP contribution in [0.25, 0.3) is 0 Å². The van der Waals surface area contributed by atoms with Crippen LogP contribution < -0.4 is 14.4 Å². The molecule has 3 rings (SSSR count). The van der Waals surface area contributed by atoms with Crippen LogP contribution >= 0.6 is 0 Å². The van der Waals surface area contributed by atoms with Crippen LogP contribution in [0.3, 0.4) is 0 Å². The first-order valence-electron chi connectivity index (χ1n) is 9.18. The molecule has 0 saturated carbocycles. The van der Waals surface area contributed by atoms with Gasteiger partial charge in [0, 0.05) is 18.7 Å². The Kier molecular flexibility index (Phi) is 6.63. The third-order valence-electron chi connectivity index (χ3n) is 4.62. The summed E-state index contributed by atoms with van der Waals surface area (Å²) < 4.78 is 39.4. The molecule has 164 valence electrons. The molecule has 0 spiro atoms. The largest absolute Gasteiger partial charge is 0.493 e. The van der Waals surface area contributed by atoms with Crippen LogP contribution in [0.1, 0.15) is 28.8 Å². The molecule has 1 heterocycles. The van der Waals surface area contributed by atoms with Crippen molar-refractivity contribution in [2.24, 2.45) is 0 Å². The summed E-state index contributed by atoms with van der Waals surface area (Å²) in [5, 5.41) is 11.3. The second-order valence-electron chi connectivity index (χ2n) is 6.54. The topological polar surface area (TPSA) is 108 Å². The highest BCUT2D eigenvalue weighted by molar-refractivity contribution is 5.96. The summed E-state index contributed by atoms with van der Waals surface area (Å²) in [7, 11) is 1.18. The van der Waals surface area contributed by atoms with Gasteiger partial charge in [-0.2, -0.15) is 8.78 Å². The van der Waals surface area contributed by atoms with E-state index in [1.807, 2.05) is 0 Å². The Morgan fingerprint density at radius 3 is 2.48 bits per heavy atom. The van der Waals surface area contributed by atoms with E-state index in [1.165, 1.54) is 19.2 Å². The van der Waals surface area contributed by atoms with Crippen molar-refractivity contribution in [3.63, 3.8) is 0 Å². The van der Waals surface area contributed by atoms with Gasteiger partial charge in [0.15, 0.2) is 11.5 Å². The number of benzene rings is 2. The maximum atomic E-state index is 12.5. The first-order chi connectivity index (χ1) is 14.8. The lowest BCUT2D eigenvalue weighted by Gasteiger charge is -2.15. The number of hydrogen-bond acceptors (Lipinski definition) is 7. The summed E-state index contributed by atoms with van der Waals surface area (Å²) in [4.78, 5) is 36.3. The molecular formula is C20H18F2N2O7. The Labute approximate surface area is 175 Å². The molecule has 0 aromatic heterocycles. The maximum absolute atomic E-state index is 12.5. The molecule has 1 fully saturated rings. The van der Waals surface area contributed by atoms with Crippen LogP contribution in [-0.2, 0) is 16.1 Å². The number of anilines is 1. The van der Waals surface area contributed by atoms with Crippen LogP contribution in [0.15, 0.2) is 36.4 Å². The molecule has 1 aliphatic heterocycles. The number of carbonyl (C=O) groups is 2. The number of amides is 1. The van der Waals surface area contributed by atoms with Crippen LogP contribution in [0.2, 0.25) is 0 Å². The Bertz CT molecular complexity index is 996. The first-order valence-corrected chi connectivity index (χ1v) is 9.18. The summed E-state index contributed by atoms with van der Waals surface area (Å²) >= 11 is 0. The number of nitro benzene ring substituents is 1. The van der Waals surface area contributed by atoms with E-state index in [0.29, 0.717) is 18.7 Å². The standard InChI is InChI=1S/C20H18F2N2O7/c1-29-16-9-13(15(24(27)28)10-17(16)31-20(21)22)11-30-19(26)12-4-6-14(7-5-12)23-8-2-3-18(23)25/h4-7,9-10,20H,2-3,8,11H2,1H3. The number of hydrogen-bond donors (Lipinski definition) is 0. The molecule has 11 heteroatoms. The molecule has 0 N–H and O–H groups in total. The molecule has 1 saturated heterocycles. The number of esters is 1. The molecule has 2 aromatic carbocycles. The van der Waals surface area contributed by atoms with Crippen molar-refractivity contribution in [3.05, 3.63) is 57.6 Å². The molecule has 1 aliphatic rings. The summed E-state index contributed by atoms with van der Waals surface area (Å²) in [5.41, 5.74) is 0.222. The van der Waals surface area contributed by atoms with Crippen LogP contribution in [0, 0.1) is 10.1 Å². The van der Waals surface area contributed by atoms with Crippen molar-refractivity contribution >= 4 is 23.3 Å². The highest BCUT2D eigenvalue weighted by atomic mass is 19.3. The minimum absolute atomic E-state index is 0.0100. The molecule has 9 nitrogen and oxygen atoms in total. The molecule has 31 heavy (non-hydrogen) atoms. The monoisotopic (exact) mass is 436 g/mol. The van der Waals surface area contributed by atoms with E-state index in [-0.39, 0.29) is 22.8 Å². The second-order valence-corrected chi connectivity index (χ2v) is 6.54. The SMILES string of the molecule is COc1cc(COC(=O)c2ccc(N3CCCC3=O)cc2)c([N+](=O)[O-])cc1OC(F)F. The predicted octanol–water partition coefficient (Wildman–Crippen LogP) is 3.69. The third-order valence-corrected chi connectivity index (χ3v) is 4.62. The molecule has 0 radical (unpaired) electrons. The normalized spacial score (nSPS) is 13.4. The number of nitro groups is 1. The van der Waals surface area contributed by atoms with Gasteiger partial charge in [0.25, 0.3) is 5.69 Å². The van der Waals surface area contributed by atoms with Crippen molar-refractivity contribution < 1.29 is 37.5 Å². The van der Waals surface area contributed by atoms with Gasteiger partial charge in [-0.1, -0.05) is 0 Å². The zero-order chi connectivity index (χ0) is 22.5. The van der Waals surface area contributed by atoms with Crippen molar-refractivity contribution in [1.82, 2.24) is 0 Å². The molecule has 0 bridgehead atoms. The smallest absolute Gasteiger partial charge is 0.387 e. The van der Waals surface area contributed by atoms with Gasteiger partial charge in [-0.25, -0.2) is 4.79 Å². The van der Waals surface area contributed by atoms with Gasteiger partial charge in [0.05, 0.1) is 29.2 Å². The Balaban J connectivity index is 1.74. The lowest BCUT2D eigenvalue weighted by Crippen LogP contribution is -2.23. The second kappa shape index (κ2) is 9.37. The third kappa shape index (κ3) is 5.05. The summed E-state index contributed by atoms with van der Waals surface area (Å²) in [6.07, 6.45) is 1.25. The van der Waals surface area contributed by atoms with E-state index in [9.17, 15) is 28.5 Å². The Morgan fingerprint density at radius 2 is 1.94 bits per heavy atom. The average molecular weight is 436 g/mol. The van der Waals surface area contributed by atoms with Crippen molar-refractivity contribution in [2.75, 3.05) is 18.6 Å². The van der Waals surface area contributed by atoms with E-state index >= 15 is 0 Å². The lowest BCUT2D eigenvalue weighted by molar-refractivity contribution is -0.386. The number of nitrogens with zero attached hydrogens (tertiary/aromatic N) is 2. The van der Waals surface area contributed by atoms with Gasteiger partial charge in [0.2, 0.25) is 5.91 Å². The summed E-state index contributed by atoms with van der Waals surface area (Å²) in [5.74, 6) is -1.42. The molecular weight excluding hydrogens is 418 g/mol. The minimum Gasteiger partial charge on any atom is -0.493 e. The maximum Gasteiger partial charge on any atom is 0.387 e. The zero-order valence-corrected chi connectivity index (χ0v) is 16.4. The van der Waals surface area contributed by atoms with Crippen molar-refractivity contribution in [3.8, 4) is 11.5 Å². The Morgan fingerprint density at radius 1 is 1.23 bits per heavy atom. The molecule has 2 aromatic rings. The van der Waals surface area contributed by atoms with E-state index in [2.05, 4.69) is 4.74 Å². The van der Waals surface area contributed by atoms with Crippen molar-refractivity contribution in [1.29, 1.82) is 0 Å². The predicted molar refractivity (Wildman–Crippen MR) is 103 cm³/mol. The van der Waals surface area contributed by atoms with E-state index in [0.717, 1.165) is 18.6 Å². The van der Waals surface area contributed by atoms with Crippen molar-refractivity contribution in [2.45, 2.75) is 26.1 Å². The Hall–Kier alpha value is -3.76. The number of rotatable bonds is 8. The van der Waals surface area contributed by atoms with E-state index < -0.39 is 35.5 Å². The quantitative estimate of drug-likeness (QED) is 0.353. The fraction of sp³-hybridized carbons (Fsp3) is 0.300. The van der Waals surface area contributed by atoms with Crippen LogP contribution in [0.5, 0.6) is 11.5 Å². The van der Waals surface area contributed by atoms with Gasteiger partial charge >= 0.3 is 12.6 Å². The molecule has 1 amide bonds. The number of methoxy groups -OCH3 is 1. The minimum atomic E-state index is -3.20. The highest BCUT2D eigenvalue weighted by Crippen LogP contribution is 2.36.